The lowest BCUT2D eigenvalue weighted by atomic mass is 10.0. The zero-order chi connectivity index (χ0) is 33.4. The second-order valence-corrected chi connectivity index (χ2v) is 10.6. The lowest BCUT2D eigenvalue weighted by molar-refractivity contribution is -0.142. The number of carboxylic acids is 1. The minimum atomic E-state index is -1.24. The number of carbonyl (C=O) groups excluding carboxylic acids is 3. The minimum absolute atomic E-state index is 0.000874. The van der Waals surface area contributed by atoms with Gasteiger partial charge >= 0.3 is 5.97 Å². The van der Waals surface area contributed by atoms with Gasteiger partial charge in [-0.25, -0.2) is 4.79 Å². The number of benzene rings is 2. The molecule has 2 aromatic rings. The zero-order valence-corrected chi connectivity index (χ0v) is 25.0. The molecule has 0 heterocycles. The van der Waals surface area contributed by atoms with Crippen LogP contribution in [0.1, 0.15) is 43.2 Å². The quantitative estimate of drug-likeness (QED) is 0.0508. The van der Waals surface area contributed by atoms with Crippen LogP contribution in [0.3, 0.4) is 0 Å². The number of aromatic hydroxyl groups is 2. The van der Waals surface area contributed by atoms with Gasteiger partial charge in [-0.05, 0) is 74.0 Å². The van der Waals surface area contributed by atoms with Gasteiger partial charge in [-0.2, -0.15) is 0 Å². The number of aliphatic carboxylic acids is 1. The van der Waals surface area contributed by atoms with Gasteiger partial charge in [0.25, 0.3) is 0 Å². The molecule has 15 heteroatoms. The first kappa shape index (κ1) is 36.3. The summed E-state index contributed by atoms with van der Waals surface area (Å²) < 4.78 is 0. The molecule has 0 aliphatic heterocycles. The van der Waals surface area contributed by atoms with Crippen LogP contribution in [0.15, 0.2) is 53.5 Å². The number of phenolic OH excluding ortho intramolecular Hbond substituents is 2. The fraction of sp³-hybridized carbons (Fsp3) is 0.433. The summed E-state index contributed by atoms with van der Waals surface area (Å²) in [5.41, 5.74) is 23.4. The number of hydrogen-bond acceptors (Lipinski definition) is 9. The molecule has 3 amide bonds. The van der Waals surface area contributed by atoms with Gasteiger partial charge < -0.3 is 54.2 Å². The first-order valence-corrected chi connectivity index (χ1v) is 14.6. The largest absolute Gasteiger partial charge is 0.508 e. The number of amides is 3. The van der Waals surface area contributed by atoms with Gasteiger partial charge in [-0.1, -0.05) is 24.3 Å². The maximum absolute atomic E-state index is 13.7. The Labute approximate surface area is 261 Å². The number of nitrogens with zero attached hydrogens (tertiary/aromatic N) is 1. The summed E-state index contributed by atoms with van der Waals surface area (Å²) in [4.78, 5) is 55.8. The molecular weight excluding hydrogens is 584 g/mol. The normalized spacial score (nSPS) is 13.5. The van der Waals surface area contributed by atoms with Crippen LogP contribution in [0.5, 0.6) is 11.5 Å². The van der Waals surface area contributed by atoms with E-state index >= 15 is 0 Å². The fourth-order valence-corrected chi connectivity index (χ4v) is 4.38. The summed E-state index contributed by atoms with van der Waals surface area (Å²) in [5, 5.41) is 36.8. The van der Waals surface area contributed by atoms with Crippen LogP contribution in [0.2, 0.25) is 0 Å². The smallest absolute Gasteiger partial charge is 0.326 e. The van der Waals surface area contributed by atoms with E-state index in [1.807, 2.05) is 0 Å². The van der Waals surface area contributed by atoms with Gasteiger partial charge in [0.05, 0.1) is 6.04 Å². The lowest BCUT2D eigenvalue weighted by Crippen LogP contribution is -2.58. The van der Waals surface area contributed by atoms with Crippen LogP contribution >= 0.6 is 0 Å². The molecule has 0 saturated heterocycles. The molecule has 0 aliphatic carbocycles. The molecule has 0 saturated carbocycles. The SMILES string of the molecule is NCCCCC(NC(=O)C(Cc1ccc(O)cc1)NC(=O)C(Cc1ccc(O)cc1)NC(=O)C(N)CCCN=C(N)N)C(=O)O. The Balaban J connectivity index is 2.29. The average molecular weight is 629 g/mol. The summed E-state index contributed by atoms with van der Waals surface area (Å²) in [5.74, 6) is -3.40. The van der Waals surface area contributed by atoms with E-state index < -0.39 is 47.9 Å². The van der Waals surface area contributed by atoms with Crippen molar-refractivity contribution in [2.45, 2.75) is 69.1 Å². The summed E-state index contributed by atoms with van der Waals surface area (Å²) in [7, 11) is 0. The van der Waals surface area contributed by atoms with Crippen molar-refractivity contribution in [3.63, 3.8) is 0 Å². The molecule has 4 unspecified atom stereocenters. The van der Waals surface area contributed by atoms with Crippen LogP contribution in [-0.4, -0.2) is 82.2 Å². The van der Waals surface area contributed by atoms with Crippen molar-refractivity contribution in [2.24, 2.45) is 27.9 Å². The highest BCUT2D eigenvalue weighted by Crippen LogP contribution is 2.14. The van der Waals surface area contributed by atoms with E-state index in [9.17, 15) is 34.5 Å². The number of guanidine groups is 1. The maximum atomic E-state index is 13.7. The molecule has 45 heavy (non-hydrogen) atoms. The molecule has 0 radical (unpaired) electrons. The number of rotatable bonds is 19. The van der Waals surface area contributed by atoms with E-state index in [-0.39, 0.29) is 49.7 Å². The molecule has 14 N–H and O–H groups in total. The summed E-state index contributed by atoms with van der Waals surface area (Å²) in [6.07, 6.45) is 1.76. The van der Waals surface area contributed by atoms with Crippen LogP contribution in [0.4, 0.5) is 0 Å². The van der Waals surface area contributed by atoms with Gasteiger partial charge in [0.15, 0.2) is 5.96 Å². The topological polar surface area (TPSA) is 282 Å². The Hall–Kier alpha value is -4.89. The van der Waals surface area contributed by atoms with Gasteiger partial charge in [0.1, 0.15) is 29.6 Å². The Bertz CT molecular complexity index is 1280. The second kappa shape index (κ2) is 18.7. The predicted octanol–water partition coefficient (Wildman–Crippen LogP) is -1.07. The van der Waals surface area contributed by atoms with Crippen LogP contribution in [0.25, 0.3) is 0 Å². The van der Waals surface area contributed by atoms with E-state index in [2.05, 4.69) is 20.9 Å². The van der Waals surface area contributed by atoms with E-state index in [0.29, 0.717) is 36.9 Å². The first-order chi connectivity index (χ1) is 21.4. The van der Waals surface area contributed by atoms with E-state index in [1.54, 1.807) is 24.3 Å². The monoisotopic (exact) mass is 628 g/mol. The van der Waals surface area contributed by atoms with Crippen molar-refractivity contribution in [1.82, 2.24) is 16.0 Å². The molecule has 0 spiro atoms. The number of phenols is 2. The molecule has 0 aromatic heterocycles. The van der Waals surface area contributed by atoms with Crippen molar-refractivity contribution in [3.8, 4) is 11.5 Å². The number of unbranched alkanes of at least 4 members (excludes halogenated alkanes) is 1. The van der Waals surface area contributed by atoms with Crippen LogP contribution < -0.4 is 38.9 Å². The predicted molar refractivity (Wildman–Crippen MR) is 168 cm³/mol. The Morgan fingerprint density at radius 1 is 0.689 bits per heavy atom. The molecule has 2 aromatic carbocycles. The van der Waals surface area contributed by atoms with E-state index in [4.69, 9.17) is 22.9 Å². The highest BCUT2D eigenvalue weighted by atomic mass is 16.4. The molecule has 0 bridgehead atoms. The number of nitrogens with two attached hydrogens (primary N) is 4. The van der Waals surface area contributed by atoms with Gasteiger partial charge in [0, 0.05) is 19.4 Å². The van der Waals surface area contributed by atoms with E-state index in [0.717, 1.165) is 0 Å². The highest BCUT2D eigenvalue weighted by molar-refractivity contribution is 5.94. The minimum Gasteiger partial charge on any atom is -0.508 e. The van der Waals surface area contributed by atoms with Crippen molar-refractivity contribution in [1.29, 1.82) is 0 Å². The summed E-state index contributed by atoms with van der Waals surface area (Å²) in [6, 6.07) is 7.34. The lowest BCUT2D eigenvalue weighted by Gasteiger charge is -2.25. The molecular formula is C30H44N8O7. The summed E-state index contributed by atoms with van der Waals surface area (Å²) >= 11 is 0. The third-order valence-corrected chi connectivity index (χ3v) is 6.88. The fourth-order valence-electron chi connectivity index (χ4n) is 4.38. The molecule has 0 fully saturated rings. The van der Waals surface area contributed by atoms with Crippen molar-refractivity contribution in [3.05, 3.63) is 59.7 Å². The van der Waals surface area contributed by atoms with Crippen LogP contribution in [-0.2, 0) is 32.0 Å². The zero-order valence-electron chi connectivity index (χ0n) is 25.0. The van der Waals surface area contributed by atoms with Crippen molar-refractivity contribution >= 4 is 29.7 Å². The second-order valence-electron chi connectivity index (χ2n) is 10.6. The Kier molecular flexibility index (Phi) is 15.1. The number of nitrogens with one attached hydrogen (secondary N) is 3. The van der Waals surface area contributed by atoms with Gasteiger partial charge in [-0.15, -0.1) is 0 Å². The highest BCUT2D eigenvalue weighted by Gasteiger charge is 2.30. The number of aliphatic imine (C=N–C) groups is 1. The summed E-state index contributed by atoms with van der Waals surface area (Å²) in [6.45, 7) is 0.631. The standard InChI is InChI=1S/C30H44N8O7/c31-14-2-1-5-23(29(44)45)36-27(42)25(17-19-8-12-21(40)13-9-19)38-28(43)24(16-18-6-10-20(39)11-7-18)37-26(41)22(32)4-3-15-35-30(33)34/h6-13,22-25,39-40H,1-5,14-17,31-32H2,(H,36,42)(H,37,41)(H,38,43)(H,44,45)(H4,33,34,35). The Morgan fingerprint density at radius 3 is 1.60 bits per heavy atom. The van der Waals surface area contributed by atoms with Crippen molar-refractivity contribution in [2.75, 3.05) is 13.1 Å². The number of carbonyl (C=O) groups is 4. The third kappa shape index (κ3) is 13.5. The van der Waals surface area contributed by atoms with Crippen LogP contribution in [0, 0.1) is 0 Å². The molecule has 0 aliphatic rings. The maximum Gasteiger partial charge on any atom is 0.326 e. The van der Waals surface area contributed by atoms with Crippen molar-refractivity contribution < 1.29 is 34.5 Å². The average Bonchev–Trinajstić information content (AvgIpc) is 2.99. The van der Waals surface area contributed by atoms with Gasteiger partial charge in [0.2, 0.25) is 17.7 Å². The first-order valence-electron chi connectivity index (χ1n) is 14.6. The molecule has 4 atom stereocenters. The molecule has 15 nitrogen and oxygen atoms in total. The molecule has 2 rings (SSSR count). The third-order valence-electron chi connectivity index (χ3n) is 6.88. The van der Waals surface area contributed by atoms with Gasteiger partial charge in [-0.3, -0.25) is 19.4 Å². The number of hydrogen-bond donors (Lipinski definition) is 10. The number of carboxylic acid groups (broad SMARTS) is 1. The van der Waals surface area contributed by atoms with E-state index in [1.165, 1.54) is 24.3 Å². The molecule has 246 valence electrons. The Morgan fingerprint density at radius 2 is 1.16 bits per heavy atom.